The van der Waals surface area contributed by atoms with E-state index in [2.05, 4.69) is 15.7 Å². The molecule has 200 valence electrons. The fourth-order valence-electron chi connectivity index (χ4n) is 5.61. The molecule has 3 aliphatic heterocycles. The van der Waals surface area contributed by atoms with E-state index in [1.54, 1.807) is 35.2 Å². The van der Waals surface area contributed by atoms with E-state index in [0.717, 1.165) is 18.7 Å². The average Bonchev–Trinajstić information content (AvgIpc) is 3.29. The summed E-state index contributed by atoms with van der Waals surface area (Å²) in [6.45, 7) is 3.13. The third-order valence-corrected chi connectivity index (χ3v) is 7.78. The first-order valence-electron chi connectivity index (χ1n) is 12.5. The molecular formula is C27H28F3N5O3. The normalized spacial score (nSPS) is 21.4. The first-order chi connectivity index (χ1) is 18.3. The van der Waals surface area contributed by atoms with Crippen LogP contribution in [0.3, 0.4) is 0 Å². The molecule has 1 spiro atoms. The highest BCUT2D eigenvalue weighted by Crippen LogP contribution is 2.42. The molecule has 4 heterocycles. The van der Waals surface area contributed by atoms with E-state index in [1.807, 2.05) is 0 Å². The molecule has 2 aromatic carbocycles. The number of benzene rings is 2. The van der Waals surface area contributed by atoms with Crippen LogP contribution in [0.15, 0.2) is 42.5 Å². The molecule has 2 atom stereocenters. The smallest absolute Gasteiger partial charge is 0.260 e. The predicted octanol–water partition coefficient (Wildman–Crippen LogP) is 4.11. The number of methoxy groups -OCH3 is 2. The van der Waals surface area contributed by atoms with Gasteiger partial charge in [0.1, 0.15) is 17.7 Å². The molecule has 3 aliphatic rings. The number of likely N-dealkylation sites (tertiary alicyclic amines) is 1. The van der Waals surface area contributed by atoms with E-state index in [4.69, 9.17) is 9.47 Å². The van der Waals surface area contributed by atoms with Crippen molar-refractivity contribution >= 4 is 11.7 Å². The van der Waals surface area contributed by atoms with E-state index in [0.29, 0.717) is 30.4 Å². The minimum Gasteiger partial charge on any atom is -0.493 e. The molecule has 2 saturated heterocycles. The van der Waals surface area contributed by atoms with Gasteiger partial charge in [-0.2, -0.15) is 5.10 Å². The van der Waals surface area contributed by atoms with Crippen molar-refractivity contribution in [2.24, 2.45) is 5.41 Å². The number of rotatable bonds is 6. The lowest BCUT2D eigenvalue weighted by Gasteiger charge is -2.56. The number of halogens is 3. The number of nitrogens with zero attached hydrogens (tertiary/aromatic N) is 3. The number of alkyl halides is 2. The van der Waals surface area contributed by atoms with Gasteiger partial charge in [0.25, 0.3) is 12.3 Å². The minimum absolute atomic E-state index is 0.0734. The van der Waals surface area contributed by atoms with Gasteiger partial charge in [0.05, 0.1) is 26.0 Å². The number of anilines is 1. The zero-order chi connectivity index (χ0) is 26.6. The number of nitrogens with one attached hydrogen (secondary N) is 2. The van der Waals surface area contributed by atoms with Crippen molar-refractivity contribution in [3.8, 4) is 22.8 Å². The maximum atomic E-state index is 15.2. The second-order valence-corrected chi connectivity index (χ2v) is 10.3. The molecule has 8 nitrogen and oxygen atoms in total. The largest absolute Gasteiger partial charge is 0.493 e. The van der Waals surface area contributed by atoms with Gasteiger partial charge in [-0.25, -0.2) is 17.9 Å². The Labute approximate surface area is 217 Å². The lowest BCUT2D eigenvalue weighted by molar-refractivity contribution is -0.0248. The number of hydrogen-bond acceptors (Lipinski definition) is 6. The van der Waals surface area contributed by atoms with Gasteiger partial charge in [0.15, 0.2) is 11.5 Å². The van der Waals surface area contributed by atoms with E-state index in [1.165, 1.54) is 31.0 Å². The lowest BCUT2D eigenvalue weighted by atomic mass is 9.74. The quantitative estimate of drug-likeness (QED) is 0.502. The maximum Gasteiger partial charge on any atom is 0.260 e. The van der Waals surface area contributed by atoms with Crippen molar-refractivity contribution in [3.05, 3.63) is 59.4 Å². The standard InChI is InChI=1S/C27H28F3N5O3/c1-37-22-6-4-15(8-23(22)38-2)19-9-21(25(29)30)35-24(32-19)10-20(33-35)17-5-3-16(7-18(17)28)26(36)34-13-27(14-34)11-31-12-27/h3-8,10,19,21,25,31-32H,9,11-14H2,1-2H3. The van der Waals surface area contributed by atoms with Crippen LogP contribution in [0.2, 0.25) is 0 Å². The van der Waals surface area contributed by atoms with Crippen LogP contribution in [0.5, 0.6) is 11.5 Å². The van der Waals surface area contributed by atoms with Crippen LogP contribution in [0.25, 0.3) is 11.3 Å². The highest BCUT2D eigenvalue weighted by atomic mass is 19.3. The van der Waals surface area contributed by atoms with Crippen molar-refractivity contribution in [1.29, 1.82) is 0 Å². The SMILES string of the molecule is COc1ccc(C2CC(C(F)F)n3nc(-c4ccc(C(=O)N5CC6(CNC6)C5)cc4F)cc3N2)cc1OC. The van der Waals surface area contributed by atoms with Crippen LogP contribution in [-0.2, 0) is 0 Å². The summed E-state index contributed by atoms with van der Waals surface area (Å²) in [5.41, 5.74) is 1.54. The number of aromatic nitrogens is 2. The Kier molecular flexibility index (Phi) is 5.97. The fraction of sp³-hybridized carbons (Fsp3) is 0.407. The Hall–Kier alpha value is -3.73. The third kappa shape index (κ3) is 4.05. The van der Waals surface area contributed by atoms with Crippen LogP contribution in [-0.4, -0.2) is 67.4 Å². The van der Waals surface area contributed by atoms with Gasteiger partial charge >= 0.3 is 0 Å². The molecule has 0 bridgehead atoms. The average molecular weight is 528 g/mol. The van der Waals surface area contributed by atoms with E-state index >= 15 is 4.39 Å². The van der Waals surface area contributed by atoms with Crippen LogP contribution in [0, 0.1) is 11.2 Å². The zero-order valence-corrected chi connectivity index (χ0v) is 21.0. The topological polar surface area (TPSA) is 80.7 Å². The third-order valence-electron chi connectivity index (χ3n) is 7.78. The molecule has 0 radical (unpaired) electrons. The number of ether oxygens (including phenoxy) is 2. The molecule has 6 rings (SSSR count). The summed E-state index contributed by atoms with van der Waals surface area (Å²) in [4.78, 5) is 14.5. The van der Waals surface area contributed by atoms with Crippen molar-refractivity contribution < 1.29 is 27.4 Å². The Morgan fingerprint density at radius 2 is 1.84 bits per heavy atom. The monoisotopic (exact) mass is 527 g/mol. The molecule has 0 saturated carbocycles. The number of hydrogen-bond donors (Lipinski definition) is 2. The Morgan fingerprint density at radius 3 is 2.47 bits per heavy atom. The van der Waals surface area contributed by atoms with Gasteiger partial charge in [-0.05, 0) is 42.3 Å². The molecule has 38 heavy (non-hydrogen) atoms. The first-order valence-corrected chi connectivity index (χ1v) is 12.5. The summed E-state index contributed by atoms with van der Waals surface area (Å²) < 4.78 is 55.3. The highest BCUT2D eigenvalue weighted by Gasteiger charge is 2.49. The van der Waals surface area contributed by atoms with Gasteiger partial charge in [0.2, 0.25) is 0 Å². The summed E-state index contributed by atoms with van der Waals surface area (Å²) in [6, 6.07) is 9.44. The molecular weight excluding hydrogens is 499 g/mol. The summed E-state index contributed by atoms with van der Waals surface area (Å²) in [7, 11) is 3.04. The molecule has 0 aliphatic carbocycles. The summed E-state index contributed by atoms with van der Waals surface area (Å²) in [6.07, 6.45) is -2.61. The number of fused-ring (bicyclic) bond motifs is 1. The van der Waals surface area contributed by atoms with E-state index in [-0.39, 0.29) is 34.6 Å². The predicted molar refractivity (Wildman–Crippen MR) is 134 cm³/mol. The van der Waals surface area contributed by atoms with Crippen LogP contribution >= 0.6 is 0 Å². The van der Waals surface area contributed by atoms with Crippen LogP contribution in [0.1, 0.15) is 34.4 Å². The van der Waals surface area contributed by atoms with Crippen molar-refractivity contribution in [3.63, 3.8) is 0 Å². The second-order valence-electron chi connectivity index (χ2n) is 10.3. The highest BCUT2D eigenvalue weighted by molar-refractivity contribution is 5.95. The molecule has 2 fully saturated rings. The van der Waals surface area contributed by atoms with E-state index in [9.17, 15) is 13.6 Å². The number of amides is 1. The first kappa shape index (κ1) is 24.6. The molecule has 2 unspecified atom stereocenters. The second kappa shape index (κ2) is 9.23. The molecule has 11 heteroatoms. The lowest BCUT2D eigenvalue weighted by Crippen LogP contribution is -2.71. The van der Waals surface area contributed by atoms with Crippen molar-refractivity contribution in [2.75, 3.05) is 45.7 Å². The maximum absolute atomic E-state index is 15.2. The van der Waals surface area contributed by atoms with E-state index < -0.39 is 24.3 Å². The van der Waals surface area contributed by atoms with Gasteiger partial charge in [-0.1, -0.05) is 6.07 Å². The molecule has 2 N–H and O–H groups in total. The molecule has 1 aromatic heterocycles. The Bertz CT molecular complexity index is 1380. The summed E-state index contributed by atoms with van der Waals surface area (Å²) in [5, 5.41) is 10.8. The minimum atomic E-state index is -2.68. The van der Waals surface area contributed by atoms with Gasteiger partial charge in [0, 0.05) is 48.8 Å². The zero-order valence-electron chi connectivity index (χ0n) is 21.0. The van der Waals surface area contributed by atoms with Gasteiger partial charge in [-0.3, -0.25) is 4.79 Å². The van der Waals surface area contributed by atoms with Crippen LogP contribution < -0.4 is 20.1 Å². The number of carbonyl (C=O) groups excluding carboxylic acids is 1. The fourth-order valence-corrected chi connectivity index (χ4v) is 5.61. The van der Waals surface area contributed by atoms with Crippen molar-refractivity contribution in [1.82, 2.24) is 20.0 Å². The summed E-state index contributed by atoms with van der Waals surface area (Å²) in [5.74, 6) is 0.549. The summed E-state index contributed by atoms with van der Waals surface area (Å²) >= 11 is 0. The van der Waals surface area contributed by atoms with Gasteiger partial charge in [-0.15, -0.1) is 0 Å². The molecule has 3 aromatic rings. The Balaban J connectivity index is 1.26. The Morgan fingerprint density at radius 1 is 1.08 bits per heavy atom. The van der Waals surface area contributed by atoms with Crippen molar-refractivity contribution in [2.45, 2.75) is 24.9 Å². The van der Waals surface area contributed by atoms with Crippen LogP contribution in [0.4, 0.5) is 19.0 Å². The number of carbonyl (C=O) groups is 1. The molecule has 1 amide bonds. The van der Waals surface area contributed by atoms with Gasteiger partial charge < -0.3 is 25.0 Å².